The number of rotatable bonds is 3. The standard InChI is InChI=1S/C15H14Cl2N2O3S/c1-19-6-7-22-15-8-10(2-5-14(15)19)18-23(20,21)11-3-4-12(16)13(17)9-11/h2-5,8-9,18H,6-7H2,1H3. The highest BCUT2D eigenvalue weighted by molar-refractivity contribution is 7.92. The van der Waals surface area contributed by atoms with Gasteiger partial charge in [0.25, 0.3) is 10.0 Å². The van der Waals surface area contributed by atoms with Crippen molar-refractivity contribution >= 4 is 44.6 Å². The van der Waals surface area contributed by atoms with E-state index in [1.165, 1.54) is 18.2 Å². The second-order valence-electron chi connectivity index (χ2n) is 5.13. The van der Waals surface area contributed by atoms with Gasteiger partial charge in [0, 0.05) is 13.1 Å². The molecule has 5 nitrogen and oxygen atoms in total. The summed E-state index contributed by atoms with van der Waals surface area (Å²) in [7, 11) is -1.80. The van der Waals surface area contributed by atoms with Crippen LogP contribution in [-0.2, 0) is 10.0 Å². The first kappa shape index (κ1) is 16.2. The molecule has 1 heterocycles. The van der Waals surface area contributed by atoms with E-state index in [4.69, 9.17) is 27.9 Å². The van der Waals surface area contributed by atoms with Crippen LogP contribution in [-0.4, -0.2) is 28.6 Å². The summed E-state index contributed by atoms with van der Waals surface area (Å²) >= 11 is 11.7. The molecule has 0 atom stereocenters. The summed E-state index contributed by atoms with van der Waals surface area (Å²) in [5, 5.41) is 0.487. The van der Waals surface area contributed by atoms with E-state index in [1.807, 2.05) is 13.1 Å². The number of benzene rings is 2. The van der Waals surface area contributed by atoms with Crippen LogP contribution in [0.4, 0.5) is 11.4 Å². The van der Waals surface area contributed by atoms with E-state index < -0.39 is 10.0 Å². The van der Waals surface area contributed by atoms with Crippen LogP contribution in [0.1, 0.15) is 0 Å². The van der Waals surface area contributed by atoms with Gasteiger partial charge in [-0.1, -0.05) is 23.2 Å². The van der Waals surface area contributed by atoms with Crippen molar-refractivity contribution in [1.82, 2.24) is 0 Å². The molecular formula is C15H14Cl2N2O3S. The van der Waals surface area contributed by atoms with Gasteiger partial charge in [-0.3, -0.25) is 4.72 Å². The van der Waals surface area contributed by atoms with Gasteiger partial charge in [0.05, 0.1) is 32.9 Å². The Morgan fingerprint density at radius 2 is 1.91 bits per heavy atom. The third-order valence-corrected chi connectivity index (χ3v) is 5.63. The molecule has 0 unspecified atom stereocenters. The Hall–Kier alpha value is -1.63. The molecule has 0 saturated carbocycles. The maximum Gasteiger partial charge on any atom is 0.261 e. The fourth-order valence-electron chi connectivity index (χ4n) is 2.28. The van der Waals surface area contributed by atoms with Crippen molar-refractivity contribution in [2.75, 3.05) is 29.8 Å². The van der Waals surface area contributed by atoms with Crippen molar-refractivity contribution < 1.29 is 13.2 Å². The highest BCUT2D eigenvalue weighted by Crippen LogP contribution is 2.34. The first-order chi connectivity index (χ1) is 10.9. The number of anilines is 2. The zero-order valence-corrected chi connectivity index (χ0v) is 14.5. The summed E-state index contributed by atoms with van der Waals surface area (Å²) in [6.45, 7) is 1.36. The molecule has 2 aromatic rings. The highest BCUT2D eigenvalue weighted by Gasteiger charge is 2.19. The van der Waals surface area contributed by atoms with E-state index in [2.05, 4.69) is 9.62 Å². The Bertz CT molecular complexity index is 856. The van der Waals surface area contributed by atoms with Crippen LogP contribution in [0.2, 0.25) is 10.0 Å². The van der Waals surface area contributed by atoms with Gasteiger partial charge in [-0.2, -0.15) is 0 Å². The van der Waals surface area contributed by atoms with E-state index in [-0.39, 0.29) is 9.92 Å². The zero-order valence-electron chi connectivity index (χ0n) is 12.2. The van der Waals surface area contributed by atoms with Gasteiger partial charge >= 0.3 is 0 Å². The van der Waals surface area contributed by atoms with Crippen molar-refractivity contribution in [3.05, 3.63) is 46.4 Å². The largest absolute Gasteiger partial charge is 0.489 e. The molecule has 0 radical (unpaired) electrons. The number of fused-ring (bicyclic) bond motifs is 1. The minimum Gasteiger partial charge on any atom is -0.489 e. The summed E-state index contributed by atoms with van der Waals surface area (Å²) in [6, 6.07) is 9.35. The molecule has 1 N–H and O–H groups in total. The number of nitrogens with zero attached hydrogens (tertiary/aromatic N) is 1. The normalized spacial score (nSPS) is 14.1. The van der Waals surface area contributed by atoms with Gasteiger partial charge in [0.15, 0.2) is 0 Å². The van der Waals surface area contributed by atoms with Crippen LogP contribution >= 0.6 is 23.2 Å². The number of hydrogen-bond donors (Lipinski definition) is 1. The minimum absolute atomic E-state index is 0.0441. The number of nitrogens with one attached hydrogen (secondary N) is 1. The van der Waals surface area contributed by atoms with Crippen LogP contribution in [0.25, 0.3) is 0 Å². The summed E-state index contributed by atoms with van der Waals surface area (Å²) in [6.07, 6.45) is 0. The second kappa shape index (κ2) is 6.11. The maximum absolute atomic E-state index is 12.4. The Morgan fingerprint density at radius 1 is 1.13 bits per heavy atom. The summed E-state index contributed by atoms with van der Waals surface area (Å²) in [5.74, 6) is 0.646. The topological polar surface area (TPSA) is 58.6 Å². The SMILES string of the molecule is CN1CCOc2cc(NS(=O)(=O)c3ccc(Cl)c(Cl)c3)ccc21. The molecule has 8 heteroatoms. The zero-order chi connectivity index (χ0) is 16.6. The number of hydrogen-bond acceptors (Lipinski definition) is 4. The lowest BCUT2D eigenvalue weighted by Crippen LogP contribution is -2.28. The van der Waals surface area contributed by atoms with E-state index in [1.54, 1.807) is 12.1 Å². The van der Waals surface area contributed by atoms with Gasteiger partial charge < -0.3 is 9.64 Å². The summed E-state index contributed by atoms with van der Waals surface area (Å²) in [5.41, 5.74) is 1.35. The fourth-order valence-corrected chi connectivity index (χ4v) is 3.72. The van der Waals surface area contributed by atoms with Crippen molar-refractivity contribution in [3.63, 3.8) is 0 Å². The molecule has 0 saturated heterocycles. The van der Waals surface area contributed by atoms with Crippen LogP contribution in [0.5, 0.6) is 5.75 Å². The average molecular weight is 373 g/mol. The molecule has 23 heavy (non-hydrogen) atoms. The summed E-state index contributed by atoms with van der Waals surface area (Å²) < 4.78 is 33.0. The number of sulfonamides is 1. The third kappa shape index (κ3) is 3.34. The first-order valence-electron chi connectivity index (χ1n) is 6.83. The van der Waals surface area contributed by atoms with Crippen molar-refractivity contribution in [3.8, 4) is 5.75 Å². The van der Waals surface area contributed by atoms with Gasteiger partial charge in [0.1, 0.15) is 12.4 Å². The predicted molar refractivity (Wildman–Crippen MR) is 92.5 cm³/mol. The lowest BCUT2D eigenvalue weighted by molar-refractivity contribution is 0.311. The first-order valence-corrected chi connectivity index (χ1v) is 9.06. The lowest BCUT2D eigenvalue weighted by Gasteiger charge is -2.28. The summed E-state index contributed by atoms with van der Waals surface area (Å²) in [4.78, 5) is 2.10. The molecular weight excluding hydrogens is 359 g/mol. The molecule has 1 aliphatic rings. The highest BCUT2D eigenvalue weighted by atomic mass is 35.5. The molecule has 0 aliphatic carbocycles. The minimum atomic E-state index is -3.75. The molecule has 0 bridgehead atoms. The Kier molecular flexibility index (Phi) is 4.31. The van der Waals surface area contributed by atoms with Crippen LogP contribution < -0.4 is 14.4 Å². The van der Waals surface area contributed by atoms with E-state index >= 15 is 0 Å². The monoisotopic (exact) mass is 372 g/mol. The molecule has 0 fully saturated rings. The van der Waals surface area contributed by atoms with Crippen LogP contribution in [0, 0.1) is 0 Å². The molecule has 0 amide bonds. The Balaban J connectivity index is 1.90. The molecule has 122 valence electrons. The van der Waals surface area contributed by atoms with Crippen LogP contribution in [0.15, 0.2) is 41.3 Å². The molecule has 2 aromatic carbocycles. The van der Waals surface area contributed by atoms with E-state index in [9.17, 15) is 8.42 Å². The van der Waals surface area contributed by atoms with Crippen molar-refractivity contribution in [2.45, 2.75) is 4.90 Å². The smallest absolute Gasteiger partial charge is 0.261 e. The van der Waals surface area contributed by atoms with Gasteiger partial charge in [0.2, 0.25) is 0 Å². The average Bonchev–Trinajstić information content (AvgIpc) is 2.49. The van der Waals surface area contributed by atoms with Crippen molar-refractivity contribution in [1.29, 1.82) is 0 Å². The Labute approximate surface area is 144 Å². The van der Waals surface area contributed by atoms with Gasteiger partial charge in [-0.25, -0.2) is 8.42 Å². The third-order valence-electron chi connectivity index (χ3n) is 3.51. The van der Waals surface area contributed by atoms with E-state index in [0.29, 0.717) is 23.1 Å². The quantitative estimate of drug-likeness (QED) is 0.893. The van der Waals surface area contributed by atoms with Gasteiger partial charge in [-0.05, 0) is 30.3 Å². The number of likely N-dealkylation sites (N-methyl/N-ethyl adjacent to an activating group) is 1. The molecule has 0 aromatic heterocycles. The Morgan fingerprint density at radius 3 is 2.65 bits per heavy atom. The molecule has 1 aliphatic heterocycles. The van der Waals surface area contributed by atoms with Crippen LogP contribution in [0.3, 0.4) is 0 Å². The predicted octanol–water partition coefficient (Wildman–Crippen LogP) is 3.62. The molecule has 3 rings (SSSR count). The lowest BCUT2D eigenvalue weighted by atomic mass is 10.2. The maximum atomic E-state index is 12.4. The van der Waals surface area contributed by atoms with Crippen molar-refractivity contribution in [2.24, 2.45) is 0 Å². The number of halogens is 2. The molecule has 0 spiro atoms. The fraction of sp³-hybridized carbons (Fsp3) is 0.200. The van der Waals surface area contributed by atoms with E-state index in [0.717, 1.165) is 12.2 Å². The van der Waals surface area contributed by atoms with Gasteiger partial charge in [-0.15, -0.1) is 0 Å². The number of ether oxygens (including phenoxy) is 1. The second-order valence-corrected chi connectivity index (χ2v) is 7.63.